The van der Waals surface area contributed by atoms with Gasteiger partial charge in [0.2, 0.25) is 0 Å². The molecule has 1 N–H and O–H groups in total. The van der Waals surface area contributed by atoms with Crippen LogP contribution in [0.5, 0.6) is 0 Å². The second-order valence-electron chi connectivity index (χ2n) is 6.31. The number of rotatable bonds is 7. The van der Waals surface area contributed by atoms with Gasteiger partial charge in [0, 0.05) is 20.4 Å². The van der Waals surface area contributed by atoms with E-state index in [-0.39, 0.29) is 5.92 Å². The highest BCUT2D eigenvalue weighted by molar-refractivity contribution is 9.10. The van der Waals surface area contributed by atoms with Crippen molar-refractivity contribution in [3.05, 3.63) is 45.9 Å². The molecular weight excluding hydrogens is 469 g/mol. The second kappa shape index (κ2) is 10.0. The normalized spacial score (nSPS) is 16.0. The van der Waals surface area contributed by atoms with Gasteiger partial charge in [-0.2, -0.15) is 5.10 Å². The molecule has 0 amide bonds. The number of nitrogens with zero attached hydrogens (tertiary/aromatic N) is 3. The third kappa shape index (κ3) is 6.05. The Hall–Kier alpha value is -0.430. The van der Waals surface area contributed by atoms with Crippen LogP contribution in [0.1, 0.15) is 44.6 Å². The van der Waals surface area contributed by atoms with Gasteiger partial charge in [-0.3, -0.25) is 0 Å². The molecule has 1 aliphatic carbocycles. The summed E-state index contributed by atoms with van der Waals surface area (Å²) in [5.74, 6) is 0.232. The van der Waals surface area contributed by atoms with Gasteiger partial charge in [-0.05, 0) is 37.3 Å². The van der Waals surface area contributed by atoms with Crippen molar-refractivity contribution in [1.29, 1.82) is 0 Å². The molecular formula is C18H24Br2ClN3O. The van der Waals surface area contributed by atoms with Crippen LogP contribution in [0.3, 0.4) is 0 Å². The summed E-state index contributed by atoms with van der Waals surface area (Å²) in [6.45, 7) is 2.58. The molecule has 1 atom stereocenters. The van der Waals surface area contributed by atoms with Crippen molar-refractivity contribution in [3.8, 4) is 0 Å². The van der Waals surface area contributed by atoms with Crippen LogP contribution in [-0.4, -0.2) is 25.2 Å². The zero-order valence-electron chi connectivity index (χ0n) is 14.3. The van der Waals surface area contributed by atoms with E-state index in [1.165, 1.54) is 30.9 Å². The van der Waals surface area contributed by atoms with Gasteiger partial charge < -0.3 is 5.11 Å². The Morgan fingerprint density at radius 1 is 1.36 bits per heavy atom. The Kier molecular flexibility index (Phi) is 8.39. The first-order valence-electron chi connectivity index (χ1n) is 8.57. The third-order valence-corrected chi connectivity index (χ3v) is 5.62. The van der Waals surface area contributed by atoms with Crippen molar-refractivity contribution in [3.63, 3.8) is 0 Å². The molecule has 0 spiro atoms. The summed E-state index contributed by atoms with van der Waals surface area (Å²) in [6, 6.07) is 5.59. The Morgan fingerprint density at radius 2 is 2.12 bits per heavy atom. The number of unbranched alkanes of at least 4 members (excludes halogenated alkanes) is 2. The molecule has 1 unspecified atom stereocenters. The van der Waals surface area contributed by atoms with Crippen molar-refractivity contribution in [2.24, 2.45) is 5.92 Å². The van der Waals surface area contributed by atoms with Crippen molar-refractivity contribution >= 4 is 43.5 Å². The monoisotopic (exact) mass is 491 g/mol. The quantitative estimate of drug-likeness (QED) is 0.406. The molecule has 1 aromatic carbocycles. The molecule has 138 valence electrons. The number of aromatic nitrogens is 3. The zero-order valence-corrected chi connectivity index (χ0v) is 18.3. The predicted octanol–water partition coefficient (Wildman–Crippen LogP) is 5.56. The number of alkyl halides is 1. The largest absolute Gasteiger partial charge is 0.383 e. The van der Waals surface area contributed by atoms with E-state index >= 15 is 0 Å². The highest BCUT2D eigenvalue weighted by atomic mass is 79.9. The molecule has 1 saturated carbocycles. The number of halogens is 3. The lowest BCUT2D eigenvalue weighted by atomic mass is 9.88. The summed E-state index contributed by atoms with van der Waals surface area (Å²) >= 11 is 13.0. The highest BCUT2D eigenvalue weighted by Gasteiger charge is 2.46. The van der Waals surface area contributed by atoms with E-state index in [1.54, 1.807) is 11.0 Å². The molecule has 0 bridgehead atoms. The number of aliphatic hydroxyl groups is 1. The molecule has 0 aliphatic heterocycles. The predicted molar refractivity (Wildman–Crippen MR) is 109 cm³/mol. The van der Waals surface area contributed by atoms with Crippen LogP contribution >= 0.6 is 43.5 Å². The van der Waals surface area contributed by atoms with Gasteiger partial charge in [-0.15, -0.1) is 0 Å². The van der Waals surface area contributed by atoms with Crippen LogP contribution in [0.2, 0.25) is 5.02 Å². The lowest BCUT2D eigenvalue weighted by Gasteiger charge is -2.29. The molecule has 1 fully saturated rings. The Labute approximate surface area is 171 Å². The van der Waals surface area contributed by atoms with Crippen molar-refractivity contribution in [2.75, 3.05) is 5.33 Å². The van der Waals surface area contributed by atoms with Crippen LogP contribution in [0.25, 0.3) is 0 Å². The van der Waals surface area contributed by atoms with Crippen molar-refractivity contribution in [2.45, 2.75) is 51.2 Å². The molecule has 2 aromatic rings. The molecule has 1 aliphatic rings. The number of hydrogen-bond donors (Lipinski definition) is 1. The summed E-state index contributed by atoms with van der Waals surface area (Å²) in [4.78, 5) is 3.92. The lowest BCUT2D eigenvalue weighted by Crippen LogP contribution is -2.34. The maximum Gasteiger partial charge on any atom is 0.137 e. The molecule has 25 heavy (non-hydrogen) atoms. The van der Waals surface area contributed by atoms with Crippen LogP contribution in [0.15, 0.2) is 35.3 Å². The van der Waals surface area contributed by atoms with Gasteiger partial charge in [0.25, 0.3) is 0 Å². The lowest BCUT2D eigenvalue weighted by molar-refractivity contribution is -0.00767. The Bertz CT molecular complexity index is 646. The number of hydrogen-bond acceptors (Lipinski definition) is 3. The van der Waals surface area contributed by atoms with Gasteiger partial charge in [0.1, 0.15) is 18.3 Å². The van der Waals surface area contributed by atoms with Crippen LogP contribution in [0.4, 0.5) is 0 Å². The van der Waals surface area contributed by atoms with E-state index in [0.29, 0.717) is 11.6 Å². The minimum Gasteiger partial charge on any atom is -0.383 e. The summed E-state index contributed by atoms with van der Waals surface area (Å²) in [7, 11) is 0. The average molecular weight is 494 g/mol. The van der Waals surface area contributed by atoms with Crippen molar-refractivity contribution < 1.29 is 5.11 Å². The highest BCUT2D eigenvalue weighted by Crippen LogP contribution is 2.48. The van der Waals surface area contributed by atoms with E-state index in [9.17, 15) is 5.11 Å². The van der Waals surface area contributed by atoms with Crippen molar-refractivity contribution in [1.82, 2.24) is 14.8 Å². The second-order valence-corrected chi connectivity index (χ2v) is 8.43. The fraction of sp³-hybridized carbons (Fsp3) is 0.556. The Balaban J connectivity index is 0.000000326. The van der Waals surface area contributed by atoms with Crippen LogP contribution in [-0.2, 0) is 12.1 Å². The first-order chi connectivity index (χ1) is 12.0. The molecule has 1 heterocycles. The van der Waals surface area contributed by atoms with E-state index in [2.05, 4.69) is 48.9 Å². The summed E-state index contributed by atoms with van der Waals surface area (Å²) in [5.41, 5.74) is -0.221. The van der Waals surface area contributed by atoms with E-state index in [4.69, 9.17) is 11.6 Å². The Morgan fingerprint density at radius 3 is 2.60 bits per heavy atom. The topological polar surface area (TPSA) is 50.9 Å². The zero-order chi connectivity index (χ0) is 18.3. The van der Waals surface area contributed by atoms with E-state index in [1.807, 2.05) is 18.2 Å². The minimum atomic E-state index is -0.981. The minimum absolute atomic E-state index is 0.232. The summed E-state index contributed by atoms with van der Waals surface area (Å²) < 4.78 is 2.55. The van der Waals surface area contributed by atoms with E-state index in [0.717, 1.165) is 22.9 Å². The molecule has 7 heteroatoms. The fourth-order valence-electron chi connectivity index (χ4n) is 2.74. The third-order valence-electron chi connectivity index (χ3n) is 4.26. The SMILES string of the molecule is CCCCCBr.OC(Cn1cncn1)(c1ccc(Br)cc1Cl)C1CC1. The summed E-state index contributed by atoms with van der Waals surface area (Å²) in [5, 5.41) is 16.9. The first kappa shape index (κ1) is 20.9. The van der Waals surface area contributed by atoms with Crippen LogP contribution < -0.4 is 0 Å². The molecule has 1 aromatic heterocycles. The van der Waals surface area contributed by atoms with Gasteiger partial charge in [0.15, 0.2) is 0 Å². The van der Waals surface area contributed by atoms with E-state index < -0.39 is 5.60 Å². The average Bonchev–Trinajstić information content (AvgIpc) is 3.33. The molecule has 0 saturated heterocycles. The van der Waals surface area contributed by atoms with Gasteiger partial charge in [-0.1, -0.05) is 69.3 Å². The molecule has 0 radical (unpaired) electrons. The first-order valence-corrected chi connectivity index (χ1v) is 10.9. The fourth-order valence-corrected chi connectivity index (χ4v) is 3.98. The van der Waals surface area contributed by atoms with Crippen LogP contribution in [0, 0.1) is 5.92 Å². The smallest absolute Gasteiger partial charge is 0.137 e. The maximum atomic E-state index is 11.1. The number of benzene rings is 1. The maximum absolute atomic E-state index is 11.1. The standard InChI is InChI=1S/C13H13BrClN3O.C5H11Br/c14-10-3-4-11(12(15)5-10)13(19,9-1-2-9)6-18-8-16-7-17-18;1-2-3-4-5-6/h3-5,7-9,19H,1-2,6H2;2-5H2,1H3. The van der Waals surface area contributed by atoms with Gasteiger partial charge >= 0.3 is 0 Å². The molecule has 3 rings (SSSR count). The summed E-state index contributed by atoms with van der Waals surface area (Å²) in [6.07, 6.45) is 9.12. The molecule has 4 nitrogen and oxygen atoms in total. The van der Waals surface area contributed by atoms with Gasteiger partial charge in [0.05, 0.1) is 6.54 Å². The van der Waals surface area contributed by atoms with Gasteiger partial charge in [-0.25, -0.2) is 9.67 Å².